The zero-order chi connectivity index (χ0) is 15.7. The van der Waals surface area contributed by atoms with E-state index in [4.69, 9.17) is 9.84 Å². The number of unbranched alkanes of at least 4 members (excludes halogenated alkanes) is 1. The third kappa shape index (κ3) is 6.75. The number of carbonyl (C=O) groups excluding carboxylic acids is 2. The van der Waals surface area contributed by atoms with Crippen LogP contribution >= 0.6 is 0 Å². The van der Waals surface area contributed by atoms with Crippen LogP contribution in [0.15, 0.2) is 36.0 Å². The van der Waals surface area contributed by atoms with Crippen LogP contribution < -0.4 is 0 Å². The molecule has 0 rings (SSSR count). The van der Waals surface area contributed by atoms with E-state index in [1.807, 2.05) is 0 Å². The predicted molar refractivity (Wildman–Crippen MR) is 72.4 cm³/mol. The number of allylic oxidation sites excluding steroid dienone is 1. The summed E-state index contributed by atoms with van der Waals surface area (Å²) in [6.45, 7) is 9.61. The Morgan fingerprint density at radius 3 is 1.95 bits per heavy atom. The molecule has 0 fully saturated rings. The minimum absolute atomic E-state index is 0.0337. The highest BCUT2D eigenvalue weighted by atomic mass is 16.6. The summed E-state index contributed by atoms with van der Waals surface area (Å²) < 4.78 is 9.52. The summed E-state index contributed by atoms with van der Waals surface area (Å²) in [5, 5.41) is 18.4. The molecule has 0 saturated heterocycles. The third-order valence-corrected chi connectivity index (χ3v) is 2.15. The molecule has 0 aliphatic carbocycles. The summed E-state index contributed by atoms with van der Waals surface area (Å²) in [5.41, 5.74) is 0.237. The number of aliphatic hydroxyl groups is 2. The Morgan fingerprint density at radius 2 is 1.50 bits per heavy atom. The molecule has 0 heterocycles. The minimum atomic E-state index is -0.825. The molecule has 0 spiro atoms. The summed E-state index contributed by atoms with van der Waals surface area (Å²) in [6, 6.07) is 0. The summed E-state index contributed by atoms with van der Waals surface area (Å²) in [7, 11) is 0. The quantitative estimate of drug-likeness (QED) is 0.307. The monoisotopic (exact) mass is 284 g/mol. The Hall–Kier alpha value is -2.08. The van der Waals surface area contributed by atoms with Crippen molar-refractivity contribution >= 4 is 11.9 Å². The fraction of sp³-hybridized carbons (Fsp3) is 0.429. The van der Waals surface area contributed by atoms with E-state index in [2.05, 4.69) is 17.9 Å². The lowest BCUT2D eigenvalue weighted by Crippen LogP contribution is -2.12. The summed E-state index contributed by atoms with van der Waals surface area (Å²) in [5.74, 6) is -2.53. The average Bonchev–Trinajstić information content (AvgIpc) is 2.36. The Labute approximate surface area is 118 Å². The van der Waals surface area contributed by atoms with Crippen LogP contribution in [0.1, 0.15) is 33.1 Å². The topological polar surface area (TPSA) is 93.1 Å². The Kier molecular flexibility index (Phi) is 8.00. The third-order valence-electron chi connectivity index (χ3n) is 2.15. The lowest BCUT2D eigenvalue weighted by atomic mass is 10.2. The molecule has 2 N–H and O–H groups in total. The van der Waals surface area contributed by atoms with E-state index in [1.54, 1.807) is 0 Å². The molecule has 0 unspecified atom stereocenters. The zero-order valence-corrected chi connectivity index (χ0v) is 11.8. The first kappa shape index (κ1) is 17.9. The maximum atomic E-state index is 11.4. The van der Waals surface area contributed by atoms with Crippen molar-refractivity contribution in [1.29, 1.82) is 0 Å². The van der Waals surface area contributed by atoms with Gasteiger partial charge in [0.1, 0.15) is 0 Å². The SMILES string of the molecule is C=C(C)C(=O)O/C(O)=C(/CCCCO)OC(=O)C(=C)C. The van der Waals surface area contributed by atoms with Gasteiger partial charge in [-0.15, -0.1) is 0 Å². The second-order valence-corrected chi connectivity index (χ2v) is 4.25. The van der Waals surface area contributed by atoms with Gasteiger partial charge in [0.25, 0.3) is 0 Å². The standard InChI is InChI=1S/C14H20O6/c1-9(2)12(16)19-11(7-5-6-8-15)14(18)20-13(17)10(3)4/h15,18H,1,3,5-8H2,2,4H3/b14-11-. The molecule has 0 atom stereocenters. The highest BCUT2D eigenvalue weighted by molar-refractivity contribution is 5.88. The van der Waals surface area contributed by atoms with E-state index in [0.717, 1.165) is 0 Å². The van der Waals surface area contributed by atoms with E-state index in [1.165, 1.54) is 13.8 Å². The van der Waals surface area contributed by atoms with Gasteiger partial charge in [-0.05, 0) is 26.7 Å². The van der Waals surface area contributed by atoms with E-state index in [9.17, 15) is 14.7 Å². The highest BCUT2D eigenvalue weighted by Gasteiger charge is 2.17. The van der Waals surface area contributed by atoms with Crippen LogP contribution in [0.2, 0.25) is 0 Å². The van der Waals surface area contributed by atoms with Crippen molar-refractivity contribution in [3.8, 4) is 0 Å². The molecule has 0 saturated carbocycles. The van der Waals surface area contributed by atoms with Crippen LogP contribution in [-0.2, 0) is 19.1 Å². The molecule has 0 radical (unpaired) electrons. The molecule has 112 valence electrons. The van der Waals surface area contributed by atoms with Crippen LogP contribution in [0.3, 0.4) is 0 Å². The predicted octanol–water partition coefficient (Wildman–Crippen LogP) is 2.11. The van der Waals surface area contributed by atoms with E-state index >= 15 is 0 Å². The summed E-state index contributed by atoms with van der Waals surface area (Å²) >= 11 is 0. The van der Waals surface area contributed by atoms with Crippen molar-refractivity contribution in [2.75, 3.05) is 6.61 Å². The normalized spacial score (nSPS) is 11.3. The first-order chi connectivity index (χ1) is 9.29. The fourth-order valence-electron chi connectivity index (χ4n) is 1.03. The first-order valence-corrected chi connectivity index (χ1v) is 6.08. The molecule has 0 aromatic heterocycles. The molecule has 6 nitrogen and oxygen atoms in total. The summed E-state index contributed by atoms with van der Waals surface area (Å²) in [4.78, 5) is 22.7. The van der Waals surface area contributed by atoms with Crippen molar-refractivity contribution in [1.82, 2.24) is 0 Å². The second-order valence-electron chi connectivity index (χ2n) is 4.25. The van der Waals surface area contributed by atoms with Gasteiger partial charge < -0.3 is 19.7 Å². The zero-order valence-electron chi connectivity index (χ0n) is 11.8. The Balaban J connectivity index is 4.95. The van der Waals surface area contributed by atoms with Gasteiger partial charge in [0, 0.05) is 24.2 Å². The maximum absolute atomic E-state index is 11.4. The number of aliphatic hydroxyl groups excluding tert-OH is 2. The maximum Gasteiger partial charge on any atom is 0.340 e. The first-order valence-electron chi connectivity index (χ1n) is 6.08. The van der Waals surface area contributed by atoms with Gasteiger partial charge in [0.15, 0.2) is 5.76 Å². The molecule has 20 heavy (non-hydrogen) atoms. The van der Waals surface area contributed by atoms with E-state index < -0.39 is 17.9 Å². The van der Waals surface area contributed by atoms with Crippen LogP contribution in [-0.4, -0.2) is 28.8 Å². The van der Waals surface area contributed by atoms with Gasteiger partial charge in [-0.3, -0.25) is 0 Å². The molecular weight excluding hydrogens is 264 g/mol. The molecule has 0 amide bonds. The molecular formula is C14H20O6. The van der Waals surface area contributed by atoms with Crippen molar-refractivity contribution in [2.24, 2.45) is 0 Å². The van der Waals surface area contributed by atoms with Crippen molar-refractivity contribution < 1.29 is 29.3 Å². The van der Waals surface area contributed by atoms with Crippen LogP contribution in [0.4, 0.5) is 0 Å². The fourth-order valence-corrected chi connectivity index (χ4v) is 1.03. The van der Waals surface area contributed by atoms with Crippen molar-refractivity contribution in [3.63, 3.8) is 0 Å². The van der Waals surface area contributed by atoms with Gasteiger partial charge in [-0.1, -0.05) is 13.2 Å². The van der Waals surface area contributed by atoms with E-state index in [0.29, 0.717) is 12.8 Å². The molecule has 6 heteroatoms. The smallest absolute Gasteiger partial charge is 0.340 e. The molecule has 0 aromatic carbocycles. The van der Waals surface area contributed by atoms with Crippen molar-refractivity contribution in [3.05, 3.63) is 36.0 Å². The van der Waals surface area contributed by atoms with Gasteiger partial charge in [-0.2, -0.15) is 0 Å². The van der Waals surface area contributed by atoms with Gasteiger partial charge >= 0.3 is 17.9 Å². The molecule has 0 aromatic rings. The Bertz CT molecular complexity index is 433. The van der Waals surface area contributed by atoms with Gasteiger partial charge in [-0.25, -0.2) is 9.59 Å². The minimum Gasteiger partial charge on any atom is -0.478 e. The van der Waals surface area contributed by atoms with Crippen LogP contribution in [0, 0.1) is 0 Å². The van der Waals surface area contributed by atoms with Gasteiger partial charge in [0.2, 0.25) is 0 Å². The molecule has 0 aliphatic heterocycles. The lowest BCUT2D eigenvalue weighted by molar-refractivity contribution is -0.143. The number of rotatable bonds is 8. The number of esters is 2. The molecule has 0 bridgehead atoms. The number of hydrogen-bond donors (Lipinski definition) is 2. The largest absolute Gasteiger partial charge is 0.478 e. The second kappa shape index (κ2) is 8.92. The Morgan fingerprint density at radius 1 is 1.00 bits per heavy atom. The van der Waals surface area contributed by atoms with Crippen molar-refractivity contribution in [2.45, 2.75) is 33.1 Å². The van der Waals surface area contributed by atoms with E-state index in [-0.39, 0.29) is 29.9 Å². The molecule has 0 aliphatic rings. The summed E-state index contributed by atoms with van der Waals surface area (Å²) in [6.07, 6.45) is 1.04. The number of carbonyl (C=O) groups is 2. The van der Waals surface area contributed by atoms with Gasteiger partial charge in [0.05, 0.1) is 0 Å². The van der Waals surface area contributed by atoms with Crippen LogP contribution in [0.5, 0.6) is 0 Å². The number of hydrogen-bond acceptors (Lipinski definition) is 6. The number of ether oxygens (including phenoxy) is 2. The lowest BCUT2D eigenvalue weighted by Gasteiger charge is -2.11. The average molecular weight is 284 g/mol. The van der Waals surface area contributed by atoms with Crippen LogP contribution in [0.25, 0.3) is 0 Å². The highest BCUT2D eigenvalue weighted by Crippen LogP contribution is 2.16.